The second-order valence-electron chi connectivity index (χ2n) is 14.4. The topological polar surface area (TPSA) is 43.0 Å². The maximum Gasteiger partial charge on any atom is 0.263 e. The van der Waals surface area contributed by atoms with Gasteiger partial charge in [0, 0.05) is 31.3 Å². The van der Waals surface area contributed by atoms with Crippen LogP contribution in [0.25, 0.3) is 62.4 Å². The number of nitrogens with zero attached hydrogens (tertiary/aromatic N) is 2. The van der Waals surface area contributed by atoms with E-state index in [0.29, 0.717) is 0 Å². The number of fused-ring (bicyclic) bond motifs is 8. The molecule has 0 bridgehead atoms. The van der Waals surface area contributed by atoms with Crippen LogP contribution in [0, 0.1) is 0 Å². The first-order valence-electron chi connectivity index (χ1n) is 19.1. The summed E-state index contributed by atoms with van der Waals surface area (Å²) >= 11 is 5.44. The van der Waals surface area contributed by atoms with E-state index < -0.39 is 0 Å². The highest BCUT2D eigenvalue weighted by Gasteiger charge is 2.24. The molecule has 7 aromatic heterocycles. The zero-order chi connectivity index (χ0) is 33.5. The van der Waals surface area contributed by atoms with Gasteiger partial charge in [-0.25, -0.2) is 0 Å². The molecule has 0 radical (unpaired) electrons. The number of unbranched alkanes of at least 4 members (excludes halogenated alkanes) is 14. The summed E-state index contributed by atoms with van der Waals surface area (Å²) < 4.78 is 8.52. The second-order valence-corrected chi connectivity index (χ2v) is 17.7. The Labute approximate surface area is 300 Å². The third-order valence-electron chi connectivity index (χ3n) is 10.8. The summed E-state index contributed by atoms with van der Waals surface area (Å²) in [6, 6.07) is 12.8. The molecular formula is C42H48N2O2S3. The second kappa shape index (κ2) is 14.3. The predicted molar refractivity (Wildman–Crippen MR) is 217 cm³/mol. The molecule has 0 fully saturated rings. The normalized spacial score (nSPS) is 12.7. The van der Waals surface area contributed by atoms with Crippen molar-refractivity contribution < 1.29 is 0 Å². The molecule has 1 aromatic carbocycles. The molecule has 0 unspecified atom stereocenters. The van der Waals surface area contributed by atoms with Crippen molar-refractivity contribution in [2.45, 2.75) is 129 Å². The standard InChI is InChI=1S/C42H48N2O2S3/c1-3-5-7-9-11-12-13-14-16-18-20-28-24-32-36(48-28)26-34-40-38-30(42(46)44(32)34)22-21-29-37(38)39(49-40)33-25-35-31(43(33)41(29)45)23-27(47-35)19-17-15-10-8-6-4-2/h21-26H,3-20H2,1-2H3. The fourth-order valence-corrected chi connectivity index (χ4v) is 11.8. The van der Waals surface area contributed by atoms with E-state index >= 15 is 0 Å². The molecule has 7 heteroatoms. The largest absolute Gasteiger partial charge is 0.274 e. The molecule has 0 saturated carbocycles. The fourth-order valence-electron chi connectivity index (χ4n) is 8.21. The van der Waals surface area contributed by atoms with Gasteiger partial charge >= 0.3 is 0 Å². The summed E-state index contributed by atoms with van der Waals surface area (Å²) in [6.45, 7) is 4.54. The Morgan fingerprint density at radius 1 is 0.469 bits per heavy atom. The maximum absolute atomic E-state index is 14.2. The van der Waals surface area contributed by atoms with Gasteiger partial charge in [-0.3, -0.25) is 18.4 Å². The van der Waals surface area contributed by atoms with Crippen molar-refractivity contribution in [3.8, 4) is 0 Å². The van der Waals surface area contributed by atoms with Crippen molar-refractivity contribution in [3.05, 3.63) is 66.9 Å². The van der Waals surface area contributed by atoms with Gasteiger partial charge in [0.25, 0.3) is 11.1 Å². The predicted octanol–water partition coefficient (Wildman–Crippen LogP) is 13.1. The van der Waals surface area contributed by atoms with E-state index in [1.54, 1.807) is 11.3 Å². The van der Waals surface area contributed by atoms with Crippen molar-refractivity contribution in [1.82, 2.24) is 8.80 Å². The summed E-state index contributed by atoms with van der Waals surface area (Å²) in [5, 5.41) is 3.38. The van der Waals surface area contributed by atoms with Crippen molar-refractivity contribution in [2.75, 3.05) is 0 Å². The van der Waals surface area contributed by atoms with Gasteiger partial charge in [0.05, 0.1) is 40.9 Å². The highest BCUT2D eigenvalue weighted by molar-refractivity contribution is 7.28. The molecule has 8 rings (SSSR count). The molecule has 4 nitrogen and oxygen atoms in total. The highest BCUT2D eigenvalue weighted by Crippen LogP contribution is 2.45. The zero-order valence-corrected chi connectivity index (χ0v) is 31.6. The van der Waals surface area contributed by atoms with E-state index in [9.17, 15) is 9.59 Å². The minimum atomic E-state index is 0.0309. The molecule has 0 N–H and O–H groups in total. The molecule has 0 aliphatic heterocycles. The molecule has 0 spiro atoms. The lowest BCUT2D eigenvalue weighted by molar-refractivity contribution is 0.557. The highest BCUT2D eigenvalue weighted by atomic mass is 32.1. The van der Waals surface area contributed by atoms with Crippen LogP contribution in [0.1, 0.15) is 126 Å². The van der Waals surface area contributed by atoms with Crippen LogP contribution >= 0.6 is 34.0 Å². The number of rotatable bonds is 18. The lowest BCUT2D eigenvalue weighted by Crippen LogP contribution is -2.14. The smallest absolute Gasteiger partial charge is 0.263 e. The van der Waals surface area contributed by atoms with Crippen molar-refractivity contribution in [2.24, 2.45) is 0 Å². The Morgan fingerprint density at radius 3 is 1.27 bits per heavy atom. The Balaban J connectivity index is 1.08. The minimum Gasteiger partial charge on any atom is -0.274 e. The molecule has 256 valence electrons. The van der Waals surface area contributed by atoms with Gasteiger partial charge in [-0.05, 0) is 62.1 Å². The van der Waals surface area contributed by atoms with Crippen LogP contribution < -0.4 is 11.1 Å². The van der Waals surface area contributed by atoms with Gasteiger partial charge in [0.2, 0.25) is 0 Å². The Kier molecular flexibility index (Phi) is 9.69. The van der Waals surface area contributed by atoms with Gasteiger partial charge in [-0.15, -0.1) is 34.0 Å². The van der Waals surface area contributed by atoms with E-state index in [1.165, 1.54) is 122 Å². The summed E-state index contributed by atoms with van der Waals surface area (Å²) in [5.41, 5.74) is 4.11. The molecule has 0 saturated heterocycles. The number of hydrogen-bond acceptors (Lipinski definition) is 5. The van der Waals surface area contributed by atoms with Crippen LogP contribution in [0.5, 0.6) is 0 Å². The van der Waals surface area contributed by atoms with Crippen LogP contribution in [0.3, 0.4) is 0 Å². The van der Waals surface area contributed by atoms with Crippen LogP contribution in [0.4, 0.5) is 0 Å². The van der Waals surface area contributed by atoms with Crippen molar-refractivity contribution in [1.29, 1.82) is 0 Å². The number of thiophene rings is 3. The molecule has 7 heterocycles. The molecule has 0 aliphatic carbocycles. The molecule has 0 amide bonds. The van der Waals surface area contributed by atoms with Gasteiger partial charge in [0.1, 0.15) is 0 Å². The van der Waals surface area contributed by atoms with E-state index in [2.05, 4.69) is 38.1 Å². The van der Waals surface area contributed by atoms with E-state index in [1.807, 2.05) is 43.6 Å². The third kappa shape index (κ3) is 5.98. The maximum atomic E-state index is 14.2. The fraction of sp³-hybridized carbons (Fsp3) is 0.476. The SMILES string of the molecule is CCCCCCCCCCCCc1cc2c(cc3c4sc5c6c(ccc(c(=O)n23)c46)c(=O)n2c3cc(CCCCCCCC)sc3cc52)s1. The zero-order valence-electron chi connectivity index (χ0n) is 29.1. The van der Waals surface area contributed by atoms with E-state index in [0.717, 1.165) is 65.9 Å². The van der Waals surface area contributed by atoms with Gasteiger partial charge in [0.15, 0.2) is 0 Å². The van der Waals surface area contributed by atoms with Crippen LogP contribution in [-0.4, -0.2) is 8.80 Å². The number of aromatic nitrogens is 2. The summed E-state index contributed by atoms with van der Waals surface area (Å²) in [6.07, 6.45) is 23.3. The summed E-state index contributed by atoms with van der Waals surface area (Å²) in [7, 11) is 0. The summed E-state index contributed by atoms with van der Waals surface area (Å²) in [4.78, 5) is 31.0. The molecule has 0 aliphatic rings. The minimum absolute atomic E-state index is 0.0309. The van der Waals surface area contributed by atoms with Gasteiger partial charge in [-0.2, -0.15) is 0 Å². The van der Waals surface area contributed by atoms with Gasteiger partial charge < -0.3 is 0 Å². The molecular weight excluding hydrogens is 661 g/mol. The van der Waals surface area contributed by atoms with Gasteiger partial charge in [-0.1, -0.05) is 104 Å². The lowest BCUT2D eigenvalue weighted by Gasteiger charge is -2.05. The number of benzene rings is 1. The Morgan fingerprint density at radius 2 is 0.857 bits per heavy atom. The monoisotopic (exact) mass is 708 g/mol. The first kappa shape index (κ1) is 33.2. The Bertz CT molecular complexity index is 2490. The molecule has 49 heavy (non-hydrogen) atoms. The van der Waals surface area contributed by atoms with E-state index in [-0.39, 0.29) is 11.1 Å². The first-order chi connectivity index (χ1) is 24.1. The first-order valence-corrected chi connectivity index (χ1v) is 21.5. The molecule has 0 atom stereocenters. The Hall–Kier alpha value is -3.00. The lowest BCUT2D eigenvalue weighted by atomic mass is 10.0. The average Bonchev–Trinajstić information content (AvgIpc) is 3.91. The number of pyridine rings is 2. The third-order valence-corrected chi connectivity index (χ3v) is 14.3. The van der Waals surface area contributed by atoms with Crippen molar-refractivity contribution >= 4 is 96.4 Å². The quantitative estimate of drug-likeness (QED) is 0.0658. The van der Waals surface area contributed by atoms with Crippen LogP contribution in [0.15, 0.2) is 46.0 Å². The number of hydrogen-bond donors (Lipinski definition) is 0. The van der Waals surface area contributed by atoms with Crippen LogP contribution in [-0.2, 0) is 12.8 Å². The number of aryl methyl sites for hydroxylation is 2. The molecule has 8 aromatic rings. The van der Waals surface area contributed by atoms with Crippen molar-refractivity contribution in [3.63, 3.8) is 0 Å². The van der Waals surface area contributed by atoms with E-state index in [4.69, 9.17) is 0 Å². The summed E-state index contributed by atoms with van der Waals surface area (Å²) in [5.74, 6) is 0. The average molecular weight is 709 g/mol. The van der Waals surface area contributed by atoms with Crippen LogP contribution in [0.2, 0.25) is 0 Å².